The summed E-state index contributed by atoms with van der Waals surface area (Å²) in [6.07, 6.45) is 2.43. The van der Waals surface area contributed by atoms with Crippen molar-refractivity contribution in [1.82, 2.24) is 10.3 Å². The van der Waals surface area contributed by atoms with Crippen LogP contribution in [0.2, 0.25) is 0 Å². The first-order valence-electron chi connectivity index (χ1n) is 7.00. The molecular formula is C15H20N2O2. The van der Waals surface area contributed by atoms with Gasteiger partial charge in [0.05, 0.1) is 0 Å². The molecule has 0 atom stereocenters. The van der Waals surface area contributed by atoms with Gasteiger partial charge in [0.2, 0.25) is 0 Å². The van der Waals surface area contributed by atoms with Crippen LogP contribution in [0.4, 0.5) is 0 Å². The first-order chi connectivity index (χ1) is 9.22. The van der Waals surface area contributed by atoms with Crippen LogP contribution in [0, 0.1) is 0 Å². The lowest BCUT2D eigenvalue weighted by molar-refractivity contribution is 0.162. The molecule has 4 nitrogen and oxygen atoms in total. The van der Waals surface area contributed by atoms with E-state index in [-0.39, 0.29) is 0 Å². The lowest BCUT2D eigenvalue weighted by Gasteiger charge is -2.23. The van der Waals surface area contributed by atoms with Crippen molar-refractivity contribution in [3.05, 3.63) is 24.1 Å². The molecule has 1 aromatic carbocycles. The van der Waals surface area contributed by atoms with E-state index in [9.17, 15) is 0 Å². The van der Waals surface area contributed by atoms with E-state index in [1.807, 2.05) is 18.2 Å². The Morgan fingerprint density at radius 3 is 2.84 bits per heavy atom. The first-order valence-corrected chi connectivity index (χ1v) is 7.00. The van der Waals surface area contributed by atoms with Crippen molar-refractivity contribution in [2.75, 3.05) is 13.1 Å². The van der Waals surface area contributed by atoms with Gasteiger partial charge in [0.1, 0.15) is 17.4 Å². The lowest BCUT2D eigenvalue weighted by Crippen LogP contribution is -2.34. The van der Waals surface area contributed by atoms with Crippen LogP contribution in [0.5, 0.6) is 5.75 Å². The van der Waals surface area contributed by atoms with Crippen molar-refractivity contribution in [2.24, 2.45) is 0 Å². The maximum absolute atomic E-state index is 6.01. The van der Waals surface area contributed by atoms with Gasteiger partial charge in [-0.1, -0.05) is 13.8 Å². The molecule has 1 aromatic heterocycles. The molecule has 0 unspecified atom stereocenters. The molecule has 0 bridgehead atoms. The summed E-state index contributed by atoms with van der Waals surface area (Å²) in [6.45, 7) is 6.23. The molecule has 3 rings (SSSR count). The van der Waals surface area contributed by atoms with Gasteiger partial charge in [-0.2, -0.15) is 0 Å². The van der Waals surface area contributed by atoms with Crippen LogP contribution in [0.1, 0.15) is 38.5 Å². The van der Waals surface area contributed by atoms with Crippen LogP contribution in [0.3, 0.4) is 0 Å². The fourth-order valence-corrected chi connectivity index (χ4v) is 2.35. The van der Waals surface area contributed by atoms with Crippen LogP contribution in [-0.4, -0.2) is 24.2 Å². The molecule has 1 saturated heterocycles. The van der Waals surface area contributed by atoms with E-state index in [2.05, 4.69) is 24.1 Å². The highest BCUT2D eigenvalue weighted by molar-refractivity contribution is 5.74. The molecule has 0 saturated carbocycles. The summed E-state index contributed by atoms with van der Waals surface area (Å²) in [5.41, 5.74) is 1.72. The minimum absolute atomic E-state index is 0.307. The number of hydrogen-bond acceptors (Lipinski definition) is 4. The van der Waals surface area contributed by atoms with Gasteiger partial charge < -0.3 is 14.5 Å². The summed E-state index contributed by atoms with van der Waals surface area (Å²) in [5.74, 6) is 1.97. The number of ether oxygens (including phenoxy) is 1. The SMILES string of the molecule is CC(C)c1nc2ccc(OC3CCNCC3)cc2o1. The first kappa shape index (κ1) is 12.5. The third-order valence-electron chi connectivity index (χ3n) is 3.46. The molecule has 1 aliphatic rings. The number of rotatable bonds is 3. The Morgan fingerprint density at radius 1 is 1.32 bits per heavy atom. The number of piperidine rings is 1. The molecule has 2 aromatic rings. The number of fused-ring (bicyclic) bond motifs is 1. The lowest BCUT2D eigenvalue weighted by atomic mass is 10.1. The zero-order valence-corrected chi connectivity index (χ0v) is 11.5. The van der Waals surface area contributed by atoms with E-state index in [0.717, 1.165) is 48.7 Å². The van der Waals surface area contributed by atoms with Gasteiger partial charge in [-0.3, -0.25) is 0 Å². The highest BCUT2D eigenvalue weighted by Crippen LogP contribution is 2.26. The number of nitrogens with zero attached hydrogens (tertiary/aromatic N) is 1. The van der Waals surface area contributed by atoms with E-state index >= 15 is 0 Å². The molecule has 2 heterocycles. The molecule has 0 radical (unpaired) electrons. The minimum Gasteiger partial charge on any atom is -0.490 e. The maximum atomic E-state index is 6.01. The largest absolute Gasteiger partial charge is 0.490 e. The van der Waals surface area contributed by atoms with Gasteiger partial charge in [0, 0.05) is 12.0 Å². The molecule has 1 N–H and O–H groups in total. The number of nitrogens with one attached hydrogen (secondary N) is 1. The Hall–Kier alpha value is -1.55. The predicted molar refractivity (Wildman–Crippen MR) is 74.6 cm³/mol. The Kier molecular flexibility index (Phi) is 3.42. The molecule has 1 fully saturated rings. The summed E-state index contributed by atoms with van der Waals surface area (Å²) < 4.78 is 11.8. The number of hydrogen-bond donors (Lipinski definition) is 1. The molecule has 1 aliphatic heterocycles. The van der Waals surface area contributed by atoms with Gasteiger partial charge in [0.25, 0.3) is 0 Å². The van der Waals surface area contributed by atoms with Crippen LogP contribution in [-0.2, 0) is 0 Å². The summed E-state index contributed by atoms with van der Waals surface area (Å²) in [7, 11) is 0. The quantitative estimate of drug-likeness (QED) is 0.921. The summed E-state index contributed by atoms with van der Waals surface area (Å²) in [5, 5.41) is 3.34. The zero-order valence-electron chi connectivity index (χ0n) is 11.5. The van der Waals surface area contributed by atoms with Crippen LogP contribution < -0.4 is 10.1 Å². The van der Waals surface area contributed by atoms with E-state index < -0.39 is 0 Å². The average Bonchev–Trinajstić information content (AvgIpc) is 2.83. The van der Waals surface area contributed by atoms with Gasteiger partial charge in [-0.05, 0) is 38.1 Å². The monoisotopic (exact) mass is 260 g/mol. The molecule has 0 spiro atoms. The van der Waals surface area contributed by atoms with E-state index in [1.165, 1.54) is 0 Å². The molecule has 19 heavy (non-hydrogen) atoms. The zero-order chi connectivity index (χ0) is 13.2. The molecule has 0 amide bonds. The fraction of sp³-hybridized carbons (Fsp3) is 0.533. The van der Waals surface area contributed by atoms with Crippen molar-refractivity contribution in [3.8, 4) is 5.75 Å². The summed E-state index contributed by atoms with van der Waals surface area (Å²) in [6, 6.07) is 5.91. The second-order valence-electron chi connectivity index (χ2n) is 5.40. The van der Waals surface area contributed by atoms with Gasteiger partial charge in [-0.15, -0.1) is 0 Å². The highest BCUT2D eigenvalue weighted by atomic mass is 16.5. The van der Waals surface area contributed by atoms with Crippen molar-refractivity contribution in [2.45, 2.75) is 38.7 Å². The standard InChI is InChI=1S/C15H20N2O2/c1-10(2)15-17-13-4-3-12(9-14(13)19-15)18-11-5-7-16-8-6-11/h3-4,9-11,16H,5-8H2,1-2H3. The van der Waals surface area contributed by atoms with Crippen LogP contribution in [0.25, 0.3) is 11.1 Å². The molecule has 102 valence electrons. The maximum Gasteiger partial charge on any atom is 0.198 e. The highest BCUT2D eigenvalue weighted by Gasteiger charge is 2.15. The van der Waals surface area contributed by atoms with Gasteiger partial charge >= 0.3 is 0 Å². The third kappa shape index (κ3) is 2.73. The minimum atomic E-state index is 0.307. The van der Waals surface area contributed by atoms with E-state index in [4.69, 9.17) is 9.15 Å². The van der Waals surface area contributed by atoms with Crippen molar-refractivity contribution >= 4 is 11.1 Å². The number of oxazole rings is 1. The van der Waals surface area contributed by atoms with Crippen molar-refractivity contribution in [1.29, 1.82) is 0 Å². The van der Waals surface area contributed by atoms with Gasteiger partial charge in [-0.25, -0.2) is 4.98 Å². The van der Waals surface area contributed by atoms with Crippen molar-refractivity contribution in [3.63, 3.8) is 0 Å². The second kappa shape index (κ2) is 5.21. The Morgan fingerprint density at radius 2 is 2.11 bits per heavy atom. The smallest absolute Gasteiger partial charge is 0.198 e. The number of aromatic nitrogens is 1. The Labute approximate surface area is 113 Å². The van der Waals surface area contributed by atoms with E-state index in [1.54, 1.807) is 0 Å². The molecule has 0 aliphatic carbocycles. The second-order valence-corrected chi connectivity index (χ2v) is 5.40. The molecule has 4 heteroatoms. The molecular weight excluding hydrogens is 240 g/mol. The van der Waals surface area contributed by atoms with Crippen molar-refractivity contribution < 1.29 is 9.15 Å². The third-order valence-corrected chi connectivity index (χ3v) is 3.46. The topological polar surface area (TPSA) is 47.3 Å². The predicted octanol–water partition coefficient (Wildman–Crippen LogP) is 3.08. The average molecular weight is 260 g/mol. The summed E-state index contributed by atoms with van der Waals surface area (Å²) in [4.78, 5) is 4.47. The fourth-order valence-electron chi connectivity index (χ4n) is 2.35. The Bertz CT molecular complexity index is 556. The van der Waals surface area contributed by atoms with Crippen LogP contribution >= 0.6 is 0 Å². The van der Waals surface area contributed by atoms with E-state index in [0.29, 0.717) is 12.0 Å². The normalized spacial score (nSPS) is 17.2. The Balaban J connectivity index is 1.80. The number of benzene rings is 1. The van der Waals surface area contributed by atoms with Gasteiger partial charge in [0.15, 0.2) is 11.5 Å². The van der Waals surface area contributed by atoms with Crippen LogP contribution in [0.15, 0.2) is 22.6 Å². The summed E-state index contributed by atoms with van der Waals surface area (Å²) >= 11 is 0.